The molecule has 2 amide bonds. The molecule has 1 atom stereocenters. The van der Waals surface area contributed by atoms with Gasteiger partial charge in [-0.15, -0.1) is 0 Å². The number of hydrogen-bond acceptors (Lipinski definition) is 4. The van der Waals surface area contributed by atoms with Crippen LogP contribution >= 0.6 is 0 Å². The fourth-order valence-corrected chi connectivity index (χ4v) is 2.64. The molecule has 0 aliphatic carbocycles. The number of aryl methyl sites for hydroxylation is 2. The number of amides is 2. The first-order valence-corrected chi connectivity index (χ1v) is 7.08. The minimum Gasteiger partial charge on any atom is -0.326 e. The van der Waals surface area contributed by atoms with Crippen LogP contribution in [0.15, 0.2) is 24.5 Å². The first kappa shape index (κ1) is 14.2. The third-order valence-corrected chi connectivity index (χ3v) is 3.55. The van der Waals surface area contributed by atoms with Crippen LogP contribution in [0, 0.1) is 19.8 Å². The summed E-state index contributed by atoms with van der Waals surface area (Å²) in [6, 6.07) is 5.85. The first-order chi connectivity index (χ1) is 10.5. The predicted molar refractivity (Wildman–Crippen MR) is 81.3 cm³/mol. The minimum atomic E-state index is -0.444. The van der Waals surface area contributed by atoms with Gasteiger partial charge in [-0.3, -0.25) is 14.9 Å². The number of carbonyl (C=O) groups excluding carboxylic acids is 2. The number of anilines is 2. The van der Waals surface area contributed by atoms with Crippen LogP contribution in [0.25, 0.3) is 0 Å². The zero-order valence-electron chi connectivity index (χ0n) is 12.5. The van der Waals surface area contributed by atoms with Crippen LogP contribution in [0.2, 0.25) is 0 Å². The van der Waals surface area contributed by atoms with E-state index < -0.39 is 5.92 Å². The summed E-state index contributed by atoms with van der Waals surface area (Å²) in [4.78, 5) is 28.1. The summed E-state index contributed by atoms with van der Waals surface area (Å²) in [7, 11) is 0. The van der Waals surface area contributed by atoms with Gasteiger partial charge in [0, 0.05) is 12.1 Å². The van der Waals surface area contributed by atoms with E-state index >= 15 is 0 Å². The van der Waals surface area contributed by atoms with Gasteiger partial charge in [0.15, 0.2) is 0 Å². The SMILES string of the molecule is Cc1cc(C)cc(NC(=O)CC2Cn3ncnc3NC2=O)c1. The smallest absolute Gasteiger partial charge is 0.232 e. The number of nitrogens with zero attached hydrogens (tertiary/aromatic N) is 3. The van der Waals surface area contributed by atoms with Gasteiger partial charge in [0.1, 0.15) is 6.33 Å². The molecule has 7 heteroatoms. The second kappa shape index (κ2) is 5.59. The van der Waals surface area contributed by atoms with Gasteiger partial charge < -0.3 is 5.32 Å². The molecular weight excluding hydrogens is 282 g/mol. The van der Waals surface area contributed by atoms with Crippen molar-refractivity contribution in [3.8, 4) is 0 Å². The summed E-state index contributed by atoms with van der Waals surface area (Å²) < 4.78 is 1.59. The zero-order chi connectivity index (χ0) is 15.7. The Kier molecular flexibility index (Phi) is 3.62. The monoisotopic (exact) mass is 299 g/mol. The lowest BCUT2D eigenvalue weighted by Gasteiger charge is -2.21. The maximum absolute atomic E-state index is 12.2. The van der Waals surface area contributed by atoms with Crippen molar-refractivity contribution < 1.29 is 9.59 Å². The molecule has 0 saturated heterocycles. The van der Waals surface area contributed by atoms with Crippen LogP contribution in [-0.2, 0) is 16.1 Å². The van der Waals surface area contributed by atoms with E-state index in [2.05, 4.69) is 20.7 Å². The van der Waals surface area contributed by atoms with Crippen LogP contribution in [0.3, 0.4) is 0 Å². The van der Waals surface area contributed by atoms with Crippen molar-refractivity contribution in [2.24, 2.45) is 5.92 Å². The van der Waals surface area contributed by atoms with Gasteiger partial charge in [-0.2, -0.15) is 10.1 Å². The lowest BCUT2D eigenvalue weighted by Crippen LogP contribution is -2.36. The second-order valence-corrected chi connectivity index (χ2v) is 5.58. The summed E-state index contributed by atoms with van der Waals surface area (Å²) in [5.74, 6) is -0.402. The minimum absolute atomic E-state index is 0.109. The molecule has 2 N–H and O–H groups in total. The highest BCUT2D eigenvalue weighted by Crippen LogP contribution is 2.19. The van der Waals surface area contributed by atoms with Crippen LogP contribution in [0.5, 0.6) is 0 Å². The molecule has 22 heavy (non-hydrogen) atoms. The van der Waals surface area contributed by atoms with Crippen LogP contribution in [0.1, 0.15) is 17.5 Å². The zero-order valence-corrected chi connectivity index (χ0v) is 12.5. The molecular formula is C15H17N5O2. The quantitative estimate of drug-likeness (QED) is 0.898. The van der Waals surface area contributed by atoms with Gasteiger partial charge in [0.05, 0.1) is 12.5 Å². The Balaban J connectivity index is 1.66. The molecule has 3 rings (SSSR count). The number of benzene rings is 1. The lowest BCUT2D eigenvalue weighted by molar-refractivity contribution is -0.125. The molecule has 2 heterocycles. The molecule has 1 unspecified atom stereocenters. The molecule has 1 aromatic carbocycles. The fourth-order valence-electron chi connectivity index (χ4n) is 2.64. The molecule has 7 nitrogen and oxygen atoms in total. The van der Waals surface area contributed by atoms with Crippen molar-refractivity contribution in [1.82, 2.24) is 14.8 Å². The molecule has 0 fully saturated rings. The normalized spacial score (nSPS) is 16.8. The Bertz CT molecular complexity index is 717. The molecule has 0 saturated carbocycles. The van der Waals surface area contributed by atoms with Crippen molar-refractivity contribution in [3.05, 3.63) is 35.7 Å². The van der Waals surface area contributed by atoms with E-state index in [4.69, 9.17) is 0 Å². The Labute approximate surface area is 127 Å². The third-order valence-electron chi connectivity index (χ3n) is 3.55. The average molecular weight is 299 g/mol. The number of aromatic nitrogens is 3. The molecule has 0 spiro atoms. The molecule has 1 aromatic heterocycles. The second-order valence-electron chi connectivity index (χ2n) is 5.58. The Morgan fingerprint density at radius 1 is 1.36 bits per heavy atom. The van der Waals surface area contributed by atoms with E-state index in [0.717, 1.165) is 16.8 Å². The van der Waals surface area contributed by atoms with Crippen molar-refractivity contribution in [3.63, 3.8) is 0 Å². The van der Waals surface area contributed by atoms with Crippen molar-refractivity contribution in [2.45, 2.75) is 26.8 Å². The van der Waals surface area contributed by atoms with Gasteiger partial charge in [0.25, 0.3) is 0 Å². The number of rotatable bonds is 3. The number of nitrogens with one attached hydrogen (secondary N) is 2. The maximum Gasteiger partial charge on any atom is 0.232 e. The number of carbonyl (C=O) groups is 2. The van der Waals surface area contributed by atoms with Crippen molar-refractivity contribution in [1.29, 1.82) is 0 Å². The standard InChI is InChI=1S/C15H17N5O2/c1-9-3-10(2)5-12(4-9)18-13(21)6-11-7-20-15(16-8-17-20)19-14(11)22/h3-5,8,11H,6-7H2,1-2H3,(H,18,21)(H,16,17,19,22). The summed E-state index contributed by atoms with van der Waals surface area (Å²) in [6.07, 6.45) is 1.49. The van der Waals surface area contributed by atoms with Gasteiger partial charge in [-0.25, -0.2) is 4.68 Å². The highest BCUT2D eigenvalue weighted by molar-refractivity contribution is 5.98. The Hall–Kier alpha value is -2.70. The molecule has 0 radical (unpaired) electrons. The van der Waals surface area contributed by atoms with Crippen LogP contribution in [0.4, 0.5) is 11.6 Å². The van der Waals surface area contributed by atoms with E-state index in [1.165, 1.54) is 6.33 Å². The number of hydrogen-bond donors (Lipinski definition) is 2. The first-order valence-electron chi connectivity index (χ1n) is 7.08. The highest BCUT2D eigenvalue weighted by Gasteiger charge is 2.29. The summed E-state index contributed by atoms with van der Waals surface area (Å²) >= 11 is 0. The molecule has 0 bridgehead atoms. The van der Waals surface area contributed by atoms with Crippen molar-refractivity contribution in [2.75, 3.05) is 10.6 Å². The van der Waals surface area contributed by atoms with Crippen LogP contribution in [-0.4, -0.2) is 26.6 Å². The highest BCUT2D eigenvalue weighted by atomic mass is 16.2. The summed E-state index contributed by atoms with van der Waals surface area (Å²) in [6.45, 7) is 4.31. The largest absolute Gasteiger partial charge is 0.326 e. The topological polar surface area (TPSA) is 88.9 Å². The number of fused-ring (bicyclic) bond motifs is 1. The van der Waals surface area contributed by atoms with Gasteiger partial charge >= 0.3 is 0 Å². The maximum atomic E-state index is 12.2. The fraction of sp³-hybridized carbons (Fsp3) is 0.333. The van der Waals surface area contributed by atoms with E-state index in [9.17, 15) is 9.59 Å². The van der Waals surface area contributed by atoms with Gasteiger partial charge in [-0.1, -0.05) is 6.07 Å². The van der Waals surface area contributed by atoms with Crippen LogP contribution < -0.4 is 10.6 Å². The molecule has 114 valence electrons. The van der Waals surface area contributed by atoms with Crippen molar-refractivity contribution >= 4 is 23.5 Å². The summed E-state index contributed by atoms with van der Waals surface area (Å²) in [5.41, 5.74) is 2.91. The average Bonchev–Trinajstić information content (AvgIpc) is 2.84. The summed E-state index contributed by atoms with van der Waals surface area (Å²) in [5, 5.41) is 9.51. The van der Waals surface area contributed by atoms with E-state index in [1.807, 2.05) is 32.0 Å². The molecule has 1 aliphatic rings. The van der Waals surface area contributed by atoms with E-state index in [0.29, 0.717) is 12.5 Å². The van der Waals surface area contributed by atoms with E-state index in [-0.39, 0.29) is 18.2 Å². The van der Waals surface area contributed by atoms with Gasteiger partial charge in [-0.05, 0) is 37.1 Å². The van der Waals surface area contributed by atoms with E-state index in [1.54, 1.807) is 4.68 Å². The third kappa shape index (κ3) is 2.98. The Morgan fingerprint density at radius 3 is 2.82 bits per heavy atom. The lowest BCUT2D eigenvalue weighted by atomic mass is 10.0. The predicted octanol–water partition coefficient (Wildman–Crippen LogP) is 1.49. The Morgan fingerprint density at radius 2 is 2.09 bits per heavy atom. The molecule has 2 aromatic rings. The molecule has 1 aliphatic heterocycles. The van der Waals surface area contributed by atoms with Gasteiger partial charge in [0.2, 0.25) is 17.8 Å².